The summed E-state index contributed by atoms with van der Waals surface area (Å²) >= 11 is 6.46. The van der Waals surface area contributed by atoms with Gasteiger partial charge in [0, 0.05) is 10.7 Å². The molecule has 0 saturated heterocycles. The lowest BCUT2D eigenvalue weighted by atomic mass is 10.1. The van der Waals surface area contributed by atoms with Crippen LogP contribution < -0.4 is 5.56 Å². The summed E-state index contributed by atoms with van der Waals surface area (Å²) in [6, 6.07) is 5.78. The van der Waals surface area contributed by atoms with E-state index in [0.29, 0.717) is 10.0 Å². The highest BCUT2D eigenvalue weighted by molar-refractivity contribution is 9.11. The average molecular weight is 419 g/mol. The first-order valence-electron chi connectivity index (χ1n) is 5.84. The summed E-state index contributed by atoms with van der Waals surface area (Å²) in [4.78, 5) is 23.3. The number of nitrogens with zero attached hydrogens (tertiary/aromatic N) is 1. The second kappa shape index (κ2) is 6.53. The second-order valence-electron chi connectivity index (χ2n) is 4.25. The molecule has 1 aromatic carbocycles. The van der Waals surface area contributed by atoms with Gasteiger partial charge < -0.3 is 9.30 Å². The molecular formula is C14H10Br2FNO3. The summed E-state index contributed by atoms with van der Waals surface area (Å²) in [7, 11) is 1.19. The molecule has 2 aromatic rings. The van der Waals surface area contributed by atoms with E-state index in [1.807, 2.05) is 0 Å². The van der Waals surface area contributed by atoms with Crippen molar-refractivity contribution in [3.05, 3.63) is 66.7 Å². The number of benzene rings is 1. The van der Waals surface area contributed by atoms with E-state index in [4.69, 9.17) is 0 Å². The number of ether oxygens (including phenoxy) is 1. The standard InChI is InChI=1S/C14H10Br2FNO3/c1-21-14(20)10-3-2-8(4-12(10)17)6-18-7-9(15)5-11(16)13(18)19/h2-5,7H,6H2,1H3. The van der Waals surface area contributed by atoms with Gasteiger partial charge in [-0.3, -0.25) is 4.79 Å². The third-order valence-electron chi connectivity index (χ3n) is 2.80. The fourth-order valence-electron chi connectivity index (χ4n) is 1.81. The minimum atomic E-state index is -0.735. The fourth-order valence-corrected chi connectivity index (χ4v) is 3.07. The molecule has 21 heavy (non-hydrogen) atoms. The molecule has 1 heterocycles. The van der Waals surface area contributed by atoms with E-state index < -0.39 is 11.8 Å². The van der Waals surface area contributed by atoms with Crippen LogP contribution in [0.1, 0.15) is 15.9 Å². The summed E-state index contributed by atoms with van der Waals surface area (Å²) in [5, 5.41) is 0. The summed E-state index contributed by atoms with van der Waals surface area (Å²) < 4.78 is 20.9. The minimum Gasteiger partial charge on any atom is -0.465 e. The molecule has 1 aromatic heterocycles. The molecule has 2 rings (SSSR count). The van der Waals surface area contributed by atoms with Crippen molar-refractivity contribution in [3.63, 3.8) is 0 Å². The highest BCUT2D eigenvalue weighted by Crippen LogP contribution is 2.16. The molecule has 0 unspecified atom stereocenters. The lowest BCUT2D eigenvalue weighted by Crippen LogP contribution is -2.20. The van der Waals surface area contributed by atoms with E-state index in [1.165, 1.54) is 23.8 Å². The Morgan fingerprint density at radius 2 is 2.05 bits per heavy atom. The van der Waals surface area contributed by atoms with E-state index in [1.54, 1.807) is 18.3 Å². The fraction of sp³-hybridized carbons (Fsp3) is 0.143. The number of methoxy groups -OCH3 is 1. The number of aromatic nitrogens is 1. The van der Waals surface area contributed by atoms with Crippen LogP contribution in [0.15, 0.2) is 44.2 Å². The van der Waals surface area contributed by atoms with Crippen molar-refractivity contribution in [1.82, 2.24) is 4.57 Å². The normalized spacial score (nSPS) is 10.5. The number of pyridine rings is 1. The Labute approximate surface area is 136 Å². The van der Waals surface area contributed by atoms with Crippen LogP contribution in [0.5, 0.6) is 0 Å². The van der Waals surface area contributed by atoms with Gasteiger partial charge in [-0.05, 0) is 55.6 Å². The molecule has 0 fully saturated rings. The summed E-state index contributed by atoms with van der Waals surface area (Å²) in [5.41, 5.74) is 0.201. The number of hydrogen-bond donors (Lipinski definition) is 0. The number of rotatable bonds is 3. The van der Waals surface area contributed by atoms with Crippen LogP contribution in [0.2, 0.25) is 0 Å². The van der Waals surface area contributed by atoms with Crippen molar-refractivity contribution < 1.29 is 13.9 Å². The molecule has 0 atom stereocenters. The maximum Gasteiger partial charge on any atom is 0.340 e. The average Bonchev–Trinajstić information content (AvgIpc) is 2.43. The van der Waals surface area contributed by atoms with Gasteiger partial charge in [-0.15, -0.1) is 0 Å². The maximum atomic E-state index is 13.8. The van der Waals surface area contributed by atoms with Gasteiger partial charge in [0.2, 0.25) is 0 Å². The quantitative estimate of drug-likeness (QED) is 0.718. The molecule has 0 saturated carbocycles. The van der Waals surface area contributed by atoms with Crippen LogP contribution >= 0.6 is 31.9 Å². The predicted octanol–water partition coefficient (Wildman–Crippen LogP) is 3.35. The smallest absolute Gasteiger partial charge is 0.340 e. The van der Waals surface area contributed by atoms with Crippen LogP contribution in [-0.4, -0.2) is 17.6 Å². The van der Waals surface area contributed by atoms with E-state index in [9.17, 15) is 14.0 Å². The van der Waals surface area contributed by atoms with Crippen molar-refractivity contribution in [2.24, 2.45) is 0 Å². The van der Waals surface area contributed by atoms with Crippen LogP contribution in [0.4, 0.5) is 4.39 Å². The van der Waals surface area contributed by atoms with E-state index in [2.05, 4.69) is 36.6 Å². The molecule has 0 spiro atoms. The zero-order chi connectivity index (χ0) is 15.6. The lowest BCUT2D eigenvalue weighted by molar-refractivity contribution is 0.0595. The van der Waals surface area contributed by atoms with Crippen molar-refractivity contribution in [3.8, 4) is 0 Å². The lowest BCUT2D eigenvalue weighted by Gasteiger charge is -2.09. The van der Waals surface area contributed by atoms with Gasteiger partial charge in [0.1, 0.15) is 5.82 Å². The van der Waals surface area contributed by atoms with Gasteiger partial charge >= 0.3 is 5.97 Å². The number of esters is 1. The zero-order valence-electron chi connectivity index (χ0n) is 10.9. The minimum absolute atomic E-state index is 0.135. The van der Waals surface area contributed by atoms with Crippen molar-refractivity contribution in [2.75, 3.05) is 7.11 Å². The van der Waals surface area contributed by atoms with Crippen LogP contribution in [0.3, 0.4) is 0 Å². The first-order valence-corrected chi connectivity index (χ1v) is 7.43. The third kappa shape index (κ3) is 3.59. The Kier molecular flexibility index (Phi) is 4.95. The first kappa shape index (κ1) is 15.9. The van der Waals surface area contributed by atoms with E-state index in [-0.39, 0.29) is 17.7 Å². The molecule has 0 bridgehead atoms. The Morgan fingerprint density at radius 3 is 2.67 bits per heavy atom. The largest absolute Gasteiger partial charge is 0.465 e. The van der Waals surface area contributed by atoms with Crippen LogP contribution in [-0.2, 0) is 11.3 Å². The molecular weight excluding hydrogens is 409 g/mol. The topological polar surface area (TPSA) is 48.3 Å². The molecule has 0 radical (unpaired) electrons. The highest BCUT2D eigenvalue weighted by Gasteiger charge is 2.13. The summed E-state index contributed by atoms with van der Waals surface area (Å²) in [5.74, 6) is -1.41. The molecule has 0 aliphatic rings. The second-order valence-corrected chi connectivity index (χ2v) is 6.02. The Hall–Kier alpha value is -1.47. The van der Waals surface area contributed by atoms with Crippen LogP contribution in [0, 0.1) is 5.82 Å². The molecule has 0 aliphatic heterocycles. The molecule has 4 nitrogen and oxygen atoms in total. The highest BCUT2D eigenvalue weighted by atomic mass is 79.9. The van der Waals surface area contributed by atoms with Gasteiger partial charge in [0.05, 0.1) is 23.7 Å². The van der Waals surface area contributed by atoms with Crippen LogP contribution in [0.25, 0.3) is 0 Å². The molecule has 0 aliphatic carbocycles. The van der Waals surface area contributed by atoms with Gasteiger partial charge in [-0.1, -0.05) is 6.07 Å². The number of carbonyl (C=O) groups excluding carboxylic acids is 1. The molecule has 7 heteroatoms. The maximum absolute atomic E-state index is 13.8. The number of carbonyl (C=O) groups is 1. The van der Waals surface area contributed by atoms with Crippen molar-refractivity contribution >= 4 is 37.8 Å². The van der Waals surface area contributed by atoms with Crippen molar-refractivity contribution in [1.29, 1.82) is 0 Å². The number of hydrogen-bond acceptors (Lipinski definition) is 3. The van der Waals surface area contributed by atoms with Gasteiger partial charge in [0.15, 0.2) is 0 Å². The first-order chi connectivity index (χ1) is 9.92. The SMILES string of the molecule is COC(=O)c1ccc(Cn2cc(Br)cc(Br)c2=O)cc1F. The zero-order valence-corrected chi connectivity index (χ0v) is 14.1. The monoisotopic (exact) mass is 417 g/mol. The Morgan fingerprint density at radius 1 is 1.33 bits per heavy atom. The molecule has 110 valence electrons. The Balaban J connectivity index is 2.35. The number of halogens is 3. The molecule has 0 N–H and O–H groups in total. The van der Waals surface area contributed by atoms with E-state index >= 15 is 0 Å². The predicted molar refractivity (Wildman–Crippen MR) is 82.9 cm³/mol. The van der Waals surface area contributed by atoms with E-state index in [0.717, 1.165) is 4.47 Å². The molecule has 0 amide bonds. The Bertz CT molecular complexity index is 758. The summed E-state index contributed by atoms with van der Waals surface area (Å²) in [6.07, 6.45) is 1.61. The third-order valence-corrected chi connectivity index (χ3v) is 3.80. The summed E-state index contributed by atoms with van der Waals surface area (Å²) in [6.45, 7) is 0.190. The van der Waals surface area contributed by atoms with Gasteiger partial charge in [-0.2, -0.15) is 0 Å². The van der Waals surface area contributed by atoms with Gasteiger partial charge in [0.25, 0.3) is 5.56 Å². The van der Waals surface area contributed by atoms with Crippen molar-refractivity contribution in [2.45, 2.75) is 6.54 Å². The van der Waals surface area contributed by atoms with Gasteiger partial charge in [-0.25, -0.2) is 9.18 Å².